The minimum Gasteiger partial charge on any atom is -0.364 e. The monoisotopic (exact) mass is 263 g/mol. The van der Waals surface area contributed by atoms with Crippen molar-refractivity contribution in [2.75, 3.05) is 0 Å². The summed E-state index contributed by atoms with van der Waals surface area (Å²) in [6.07, 6.45) is 7.05. The summed E-state index contributed by atoms with van der Waals surface area (Å²) in [7, 11) is 0. The minimum atomic E-state index is -0.154. The fourth-order valence-corrected chi connectivity index (χ4v) is 2.90. The number of fused-ring (bicyclic) bond motifs is 3. The van der Waals surface area contributed by atoms with Crippen LogP contribution >= 0.6 is 0 Å². The predicted octanol–water partition coefficient (Wildman–Crippen LogP) is 3.63. The number of aliphatic imine (C=N–C) groups is 1. The first kappa shape index (κ1) is 11.3. The summed E-state index contributed by atoms with van der Waals surface area (Å²) in [4.78, 5) is 9.03. The van der Waals surface area contributed by atoms with E-state index >= 15 is 0 Å². The number of hydrogen-bond acceptors (Lipinski definition) is 4. The molecule has 0 bridgehead atoms. The highest BCUT2D eigenvalue weighted by molar-refractivity contribution is 6.15. The Bertz CT molecular complexity index is 832. The highest BCUT2D eigenvalue weighted by Crippen LogP contribution is 2.45. The van der Waals surface area contributed by atoms with Crippen molar-refractivity contribution in [3.63, 3.8) is 0 Å². The molecule has 0 unspecified atom stereocenters. The Morgan fingerprint density at radius 1 is 1.10 bits per heavy atom. The lowest BCUT2D eigenvalue weighted by molar-refractivity contribution is 0.419. The zero-order chi connectivity index (χ0) is 13.7. The van der Waals surface area contributed by atoms with Crippen molar-refractivity contribution in [1.82, 2.24) is 10.1 Å². The Balaban J connectivity index is 2.04. The Labute approximate surface area is 116 Å². The summed E-state index contributed by atoms with van der Waals surface area (Å²) in [5.74, 6) is 0. The van der Waals surface area contributed by atoms with Crippen LogP contribution in [0.2, 0.25) is 0 Å². The number of benzene rings is 1. The van der Waals surface area contributed by atoms with Gasteiger partial charge in [0, 0.05) is 28.6 Å². The molecule has 1 aliphatic heterocycles. The minimum absolute atomic E-state index is 0.154. The van der Waals surface area contributed by atoms with Crippen LogP contribution in [0, 0.1) is 0 Å². The van der Waals surface area contributed by atoms with E-state index in [-0.39, 0.29) is 5.41 Å². The second kappa shape index (κ2) is 3.76. The van der Waals surface area contributed by atoms with Gasteiger partial charge in [0.15, 0.2) is 0 Å². The normalized spacial score (nSPS) is 16.2. The average molecular weight is 263 g/mol. The fraction of sp³-hybridized carbons (Fsp3) is 0.188. The van der Waals surface area contributed by atoms with Crippen LogP contribution in [-0.4, -0.2) is 15.9 Å². The van der Waals surface area contributed by atoms with Crippen LogP contribution in [0.1, 0.15) is 25.0 Å². The van der Waals surface area contributed by atoms with Crippen LogP contribution in [0.3, 0.4) is 0 Å². The summed E-state index contributed by atoms with van der Waals surface area (Å²) in [6.45, 7) is 4.36. The highest BCUT2D eigenvalue weighted by atomic mass is 16.5. The molecule has 0 saturated heterocycles. The lowest BCUT2D eigenvalue weighted by atomic mass is 9.79. The van der Waals surface area contributed by atoms with Crippen LogP contribution in [0.15, 0.2) is 52.6 Å². The van der Waals surface area contributed by atoms with Crippen molar-refractivity contribution < 1.29 is 4.52 Å². The SMILES string of the molecule is CC1(C)C(c2cnoc2)=Nc2c1ccc1cnccc21. The van der Waals surface area contributed by atoms with Gasteiger partial charge in [-0.3, -0.25) is 9.98 Å². The van der Waals surface area contributed by atoms with E-state index in [0.29, 0.717) is 0 Å². The molecule has 0 fully saturated rings. The van der Waals surface area contributed by atoms with Crippen molar-refractivity contribution in [2.45, 2.75) is 19.3 Å². The molecule has 1 aromatic carbocycles. The van der Waals surface area contributed by atoms with Crippen molar-refractivity contribution in [3.8, 4) is 0 Å². The van der Waals surface area contributed by atoms with Crippen molar-refractivity contribution in [1.29, 1.82) is 0 Å². The molecule has 4 nitrogen and oxygen atoms in total. The summed E-state index contributed by atoms with van der Waals surface area (Å²) < 4.78 is 4.97. The largest absolute Gasteiger partial charge is 0.364 e. The highest BCUT2D eigenvalue weighted by Gasteiger charge is 2.37. The molecular formula is C16H13N3O. The second-order valence-electron chi connectivity index (χ2n) is 5.56. The van der Waals surface area contributed by atoms with Gasteiger partial charge in [-0.1, -0.05) is 31.1 Å². The maximum absolute atomic E-state index is 4.97. The quantitative estimate of drug-likeness (QED) is 0.673. The number of aromatic nitrogens is 2. The number of rotatable bonds is 1. The van der Waals surface area contributed by atoms with E-state index in [1.54, 1.807) is 12.5 Å². The molecule has 0 spiro atoms. The summed E-state index contributed by atoms with van der Waals surface area (Å²) >= 11 is 0. The molecule has 98 valence electrons. The summed E-state index contributed by atoms with van der Waals surface area (Å²) in [6, 6.07) is 6.27. The Kier molecular flexibility index (Phi) is 2.13. The van der Waals surface area contributed by atoms with E-state index in [0.717, 1.165) is 27.7 Å². The van der Waals surface area contributed by atoms with E-state index in [4.69, 9.17) is 9.52 Å². The fourth-order valence-electron chi connectivity index (χ4n) is 2.90. The molecule has 20 heavy (non-hydrogen) atoms. The Morgan fingerprint density at radius 2 is 2.00 bits per heavy atom. The van der Waals surface area contributed by atoms with Gasteiger partial charge in [0.1, 0.15) is 6.26 Å². The maximum Gasteiger partial charge on any atom is 0.132 e. The van der Waals surface area contributed by atoms with Crippen molar-refractivity contribution >= 4 is 22.2 Å². The zero-order valence-corrected chi connectivity index (χ0v) is 11.3. The third-order valence-corrected chi connectivity index (χ3v) is 3.99. The lowest BCUT2D eigenvalue weighted by Crippen LogP contribution is -2.25. The molecule has 0 saturated carbocycles. The van der Waals surface area contributed by atoms with Gasteiger partial charge in [0.05, 0.1) is 23.2 Å². The first-order valence-corrected chi connectivity index (χ1v) is 6.54. The molecule has 3 heterocycles. The molecular weight excluding hydrogens is 250 g/mol. The lowest BCUT2D eigenvalue weighted by Gasteiger charge is -2.21. The first-order valence-electron chi connectivity index (χ1n) is 6.54. The van der Waals surface area contributed by atoms with Gasteiger partial charge in [-0.2, -0.15) is 0 Å². The van der Waals surface area contributed by atoms with Gasteiger partial charge in [-0.15, -0.1) is 0 Å². The average Bonchev–Trinajstić information content (AvgIpc) is 3.05. The third-order valence-electron chi connectivity index (χ3n) is 3.99. The Hall–Kier alpha value is -2.49. The van der Waals surface area contributed by atoms with Crippen molar-refractivity contribution in [3.05, 3.63) is 54.2 Å². The van der Waals surface area contributed by atoms with Crippen LogP contribution < -0.4 is 0 Å². The van der Waals surface area contributed by atoms with Crippen LogP contribution in [-0.2, 0) is 5.41 Å². The van der Waals surface area contributed by atoms with Gasteiger partial charge in [-0.25, -0.2) is 0 Å². The van der Waals surface area contributed by atoms with Crippen LogP contribution in [0.5, 0.6) is 0 Å². The van der Waals surface area contributed by atoms with Gasteiger partial charge in [0.2, 0.25) is 0 Å². The summed E-state index contributed by atoms with van der Waals surface area (Å²) in [5, 5.41) is 6.04. The third kappa shape index (κ3) is 1.39. The molecule has 3 aromatic rings. The smallest absolute Gasteiger partial charge is 0.132 e. The summed E-state index contributed by atoms with van der Waals surface area (Å²) in [5.41, 5.74) is 4.04. The molecule has 1 aliphatic rings. The molecule has 0 atom stereocenters. The molecule has 0 aliphatic carbocycles. The topological polar surface area (TPSA) is 51.3 Å². The van der Waals surface area contributed by atoms with E-state index < -0.39 is 0 Å². The predicted molar refractivity (Wildman–Crippen MR) is 77.5 cm³/mol. The van der Waals surface area contributed by atoms with Gasteiger partial charge < -0.3 is 4.52 Å². The van der Waals surface area contributed by atoms with E-state index in [1.807, 2.05) is 18.5 Å². The van der Waals surface area contributed by atoms with E-state index in [9.17, 15) is 0 Å². The van der Waals surface area contributed by atoms with Crippen LogP contribution in [0.25, 0.3) is 10.8 Å². The molecule has 0 amide bonds. The molecule has 0 N–H and O–H groups in total. The van der Waals surface area contributed by atoms with E-state index in [1.165, 1.54) is 5.56 Å². The number of nitrogens with zero attached hydrogens (tertiary/aromatic N) is 3. The molecule has 4 heteroatoms. The maximum atomic E-state index is 4.97. The standard InChI is InChI=1S/C16H13N3O/c1-16(2)13-4-3-10-7-17-6-5-12(10)14(13)19-15(16)11-8-18-20-9-11/h3-9H,1-2H3. The molecule has 2 aromatic heterocycles. The van der Waals surface area contributed by atoms with Gasteiger partial charge in [0.25, 0.3) is 0 Å². The second-order valence-corrected chi connectivity index (χ2v) is 5.56. The van der Waals surface area contributed by atoms with Crippen molar-refractivity contribution in [2.24, 2.45) is 4.99 Å². The molecule has 4 rings (SSSR count). The molecule has 0 radical (unpaired) electrons. The van der Waals surface area contributed by atoms with Gasteiger partial charge >= 0.3 is 0 Å². The van der Waals surface area contributed by atoms with E-state index in [2.05, 4.69) is 36.1 Å². The number of hydrogen-bond donors (Lipinski definition) is 0. The van der Waals surface area contributed by atoms with Crippen LogP contribution in [0.4, 0.5) is 5.69 Å². The number of pyridine rings is 1. The first-order chi connectivity index (χ1) is 9.68. The zero-order valence-electron chi connectivity index (χ0n) is 11.3. The Morgan fingerprint density at radius 3 is 2.80 bits per heavy atom. The van der Waals surface area contributed by atoms with Gasteiger partial charge in [-0.05, 0) is 11.6 Å².